The normalized spacial score (nSPS) is 12.1. The van der Waals surface area contributed by atoms with E-state index in [1.165, 1.54) is 134 Å². The number of imidazole rings is 1. The van der Waals surface area contributed by atoms with Crippen LogP contribution >= 0.6 is 0 Å². The van der Waals surface area contributed by atoms with Crippen molar-refractivity contribution in [3.8, 4) is 50.2 Å². The van der Waals surface area contributed by atoms with Gasteiger partial charge in [0, 0.05) is 10.9 Å². The van der Waals surface area contributed by atoms with Gasteiger partial charge in [-0.15, -0.1) is 38.2 Å². The Morgan fingerprint density at radius 3 is 1.25 bits per heavy atom. The number of hydrogen-bond donors (Lipinski definition) is 2. The van der Waals surface area contributed by atoms with E-state index in [9.17, 15) is 10.2 Å². The molecule has 1 aromatic heterocycles. The van der Waals surface area contributed by atoms with Crippen LogP contribution in [-0.4, -0.2) is 151 Å². The summed E-state index contributed by atoms with van der Waals surface area (Å²) in [5.41, 5.74) is 27.9. The number of aliphatic hydroxyl groups is 2. The molecule has 0 saturated carbocycles. The van der Waals surface area contributed by atoms with Crippen LogP contribution in [0.25, 0.3) is 82.8 Å². The van der Waals surface area contributed by atoms with Crippen molar-refractivity contribution in [3.63, 3.8) is 0 Å². The van der Waals surface area contributed by atoms with Crippen LogP contribution in [0.1, 0.15) is 5.82 Å². The number of para-hydroxylation sites is 2. The first-order chi connectivity index (χ1) is 31.6. The van der Waals surface area contributed by atoms with E-state index in [0.717, 1.165) is 27.8 Å². The van der Waals surface area contributed by atoms with E-state index < -0.39 is 10.9 Å². The Hall–Kier alpha value is -5.29. The van der Waals surface area contributed by atoms with Gasteiger partial charge in [-0.25, -0.2) is 4.98 Å². The molecule has 0 saturated heterocycles. The smallest absolute Gasteiger partial charge is 0.177 e. The minimum absolute atomic E-state index is 0.582. The first-order valence-corrected chi connectivity index (χ1v) is 23.9. The fourth-order valence-corrected chi connectivity index (χ4v) is 11.0. The Bertz CT molecular complexity index is 3480. The molecule has 20 heteroatoms. The number of benzene rings is 8. The maximum Gasteiger partial charge on any atom is 0.177 e. The van der Waals surface area contributed by atoms with Gasteiger partial charge in [0.25, 0.3) is 0 Å². The van der Waals surface area contributed by atoms with Gasteiger partial charge in [0.1, 0.15) is 129 Å². The van der Waals surface area contributed by atoms with Gasteiger partial charge < -0.3 is 10.2 Å². The zero-order valence-corrected chi connectivity index (χ0v) is 42.5. The maximum atomic E-state index is 11.0. The molecule has 67 heavy (non-hydrogen) atoms. The number of hydrogen-bond acceptors (Lipinski definition) is 3. The van der Waals surface area contributed by atoms with E-state index in [1.54, 1.807) is 0 Å². The molecule has 0 fully saturated rings. The van der Waals surface area contributed by atoms with Crippen LogP contribution in [-0.2, 0) is 5.21 Å². The third-order valence-corrected chi connectivity index (χ3v) is 16.7. The minimum atomic E-state index is -2.01. The molecule has 308 valence electrons. The quantitative estimate of drug-likeness (QED) is 0.0954. The highest BCUT2D eigenvalue weighted by Crippen LogP contribution is 2.42. The Kier molecular flexibility index (Phi) is 11.7. The summed E-state index contributed by atoms with van der Waals surface area (Å²) < 4.78 is 2.08. The molecule has 4 nitrogen and oxygen atoms in total. The van der Waals surface area contributed by atoms with Crippen LogP contribution in [0.2, 0.25) is 0 Å². The fourth-order valence-electron chi connectivity index (χ4n) is 11.0. The second-order valence-corrected chi connectivity index (χ2v) is 20.4. The number of fused-ring (bicyclic) bond motifs is 3. The van der Waals surface area contributed by atoms with Crippen molar-refractivity contribution < 1.29 is 10.2 Å². The fraction of sp³-hybridized carbons (Fsp3) is 0.0426. The zero-order valence-electron chi connectivity index (χ0n) is 42.5. The Morgan fingerprint density at radius 1 is 0.373 bits per heavy atom. The standard InChI is InChI=1S/C47H50B16N2O2/c48-32-27(33(49)39(55)44(60)38(32)54)18-13-11-17(12-14-18)25-28-30(36(52)42(58)40(56)34(28)50)26(31-29(25)35(51)41(57)43(59)37(31)53)21-7-3-5-19(15-21)20-6-4-8-22(16-20)65-24-10-2-1-9-23(24)64-45(65)46(61,62)47(63,66)67/h1-16,66-67H,48-63H2. The van der Waals surface area contributed by atoms with Crippen molar-refractivity contribution in [3.05, 3.63) is 103 Å². The van der Waals surface area contributed by atoms with E-state index >= 15 is 0 Å². The largest absolute Gasteiger partial charge is 0.375 e. The second-order valence-electron chi connectivity index (χ2n) is 20.4. The molecule has 0 atom stereocenters. The molecular formula is C47H50B16N2O2. The lowest BCUT2D eigenvalue weighted by molar-refractivity contribution is -0.100. The van der Waals surface area contributed by atoms with Crippen molar-refractivity contribution in [2.45, 2.75) is 10.9 Å². The molecule has 8 aromatic carbocycles. The van der Waals surface area contributed by atoms with Gasteiger partial charge in [-0.05, 0) is 96.4 Å². The average Bonchev–Trinajstić information content (AvgIpc) is 3.72. The Balaban J connectivity index is 1.32. The van der Waals surface area contributed by atoms with Crippen LogP contribution in [0.3, 0.4) is 0 Å². The molecule has 0 spiro atoms. The summed E-state index contributed by atoms with van der Waals surface area (Å²) in [6.07, 6.45) is 0. The molecule has 9 rings (SSSR count). The molecule has 0 aliphatic carbocycles. The molecule has 0 aliphatic rings. The third-order valence-electron chi connectivity index (χ3n) is 16.7. The SMILES string of the molecule is Bc1c(B)c(B)c(-c2ccc(-c3c4c(B)c(B)c(B)c(B)c4c(-c4cccc(-c5cccc(-n6c(C(B)(B)C(B)(O)O)nc7ccccc76)c5)c4)c4c(B)c(B)c(B)c(B)c34)cc2)c(B)c1B. The monoisotopic (exact) mass is 851 g/mol. The molecule has 0 unspecified atom stereocenters. The maximum absolute atomic E-state index is 11.0. The summed E-state index contributed by atoms with van der Waals surface area (Å²) in [5.74, 6) is 0.582. The van der Waals surface area contributed by atoms with E-state index in [4.69, 9.17) is 4.98 Å². The number of rotatable bonds is 7. The second kappa shape index (κ2) is 16.7. The third kappa shape index (κ3) is 7.18. The van der Waals surface area contributed by atoms with Crippen LogP contribution in [0, 0.1) is 0 Å². The van der Waals surface area contributed by atoms with Gasteiger partial charge >= 0.3 is 0 Å². The summed E-state index contributed by atoms with van der Waals surface area (Å²) in [6.45, 7) is 0. The molecular weight excluding hydrogens is 798 g/mol. The lowest BCUT2D eigenvalue weighted by Crippen LogP contribution is -2.55. The molecule has 0 amide bonds. The first-order valence-electron chi connectivity index (χ1n) is 23.9. The summed E-state index contributed by atoms with van der Waals surface area (Å²) in [5, 5.41) is 26.3. The van der Waals surface area contributed by atoms with Gasteiger partial charge in [-0.3, -0.25) is 4.57 Å². The van der Waals surface area contributed by atoms with Gasteiger partial charge in [-0.1, -0.05) is 99.5 Å². The molecule has 0 radical (unpaired) electrons. The van der Waals surface area contributed by atoms with Crippen molar-refractivity contribution >= 4 is 229 Å². The van der Waals surface area contributed by atoms with Crippen LogP contribution < -0.4 is 71.0 Å². The highest BCUT2D eigenvalue weighted by molar-refractivity contribution is 6.72. The Morgan fingerprint density at radius 2 is 0.761 bits per heavy atom. The number of nitrogens with zero attached hydrogens (tertiary/aromatic N) is 2. The molecule has 2 N–H and O–H groups in total. The number of aromatic nitrogens is 2. The van der Waals surface area contributed by atoms with Gasteiger partial charge in [0.15, 0.2) is 7.85 Å². The zero-order chi connectivity index (χ0) is 48.3. The van der Waals surface area contributed by atoms with Gasteiger partial charge in [0.2, 0.25) is 0 Å². The summed E-state index contributed by atoms with van der Waals surface area (Å²) in [7, 11) is 34.9. The first kappa shape index (κ1) is 46.8. The van der Waals surface area contributed by atoms with E-state index in [0.29, 0.717) is 5.82 Å². The van der Waals surface area contributed by atoms with Crippen molar-refractivity contribution in [1.82, 2.24) is 9.55 Å². The van der Waals surface area contributed by atoms with E-state index in [-0.39, 0.29) is 0 Å². The van der Waals surface area contributed by atoms with Crippen molar-refractivity contribution in [2.24, 2.45) is 0 Å². The van der Waals surface area contributed by atoms with Crippen molar-refractivity contribution in [2.75, 3.05) is 0 Å². The van der Waals surface area contributed by atoms with Gasteiger partial charge in [-0.2, -0.15) is 0 Å². The highest BCUT2D eigenvalue weighted by Gasteiger charge is 2.42. The summed E-state index contributed by atoms with van der Waals surface area (Å²) >= 11 is 0. The van der Waals surface area contributed by atoms with Crippen LogP contribution in [0.4, 0.5) is 0 Å². The predicted molar refractivity (Wildman–Crippen MR) is 339 cm³/mol. The molecule has 9 aromatic rings. The van der Waals surface area contributed by atoms with Gasteiger partial charge in [0.05, 0.1) is 11.0 Å². The molecule has 0 aliphatic heterocycles. The highest BCUT2D eigenvalue weighted by atomic mass is 16.5. The lowest BCUT2D eigenvalue weighted by atomic mass is 9.45. The average molecular weight is 848 g/mol. The van der Waals surface area contributed by atoms with Crippen LogP contribution in [0.15, 0.2) is 97.1 Å². The molecule has 0 bridgehead atoms. The van der Waals surface area contributed by atoms with E-state index in [1.807, 2.05) is 40.0 Å². The summed E-state index contributed by atoms with van der Waals surface area (Å²) in [6, 6.07) is 35.1. The summed E-state index contributed by atoms with van der Waals surface area (Å²) in [4.78, 5) is 5.00. The van der Waals surface area contributed by atoms with Crippen molar-refractivity contribution in [1.29, 1.82) is 0 Å². The Labute approximate surface area is 410 Å². The molecule has 1 heterocycles. The lowest BCUT2D eigenvalue weighted by Gasteiger charge is -2.36. The van der Waals surface area contributed by atoms with Crippen LogP contribution in [0.5, 0.6) is 0 Å². The predicted octanol–water partition coefficient (Wildman–Crippen LogP) is -15.0. The topological polar surface area (TPSA) is 58.3 Å². The minimum Gasteiger partial charge on any atom is -0.375 e. The van der Waals surface area contributed by atoms with E-state index in [2.05, 4.69) is 179 Å².